The summed E-state index contributed by atoms with van der Waals surface area (Å²) in [5, 5.41) is 12.3. The summed E-state index contributed by atoms with van der Waals surface area (Å²) in [4.78, 5) is 15.1. The zero-order chi connectivity index (χ0) is 16.2. The lowest BCUT2D eigenvalue weighted by Crippen LogP contribution is -2.38. The molecule has 0 saturated carbocycles. The number of Topliss-reactive ketones (excluding diaryl/α,β-unsaturated/α-hetero) is 1. The van der Waals surface area contributed by atoms with Crippen LogP contribution in [0.2, 0.25) is 0 Å². The largest absolute Gasteiger partial charge is 0.491 e. The molecule has 0 radical (unpaired) electrons. The molecule has 0 amide bonds. The second kappa shape index (κ2) is 7.25. The van der Waals surface area contributed by atoms with Crippen molar-refractivity contribution in [2.24, 2.45) is 0 Å². The van der Waals surface area contributed by atoms with Crippen molar-refractivity contribution in [3.63, 3.8) is 0 Å². The molecule has 122 valence electrons. The molecule has 1 aliphatic heterocycles. The fourth-order valence-electron chi connectivity index (χ4n) is 2.81. The molecular weight excluding hydrogens is 310 g/mol. The van der Waals surface area contributed by atoms with Gasteiger partial charge in [-0.05, 0) is 42.5 Å². The fourth-order valence-corrected chi connectivity index (χ4v) is 3.70. The monoisotopic (exact) mass is 331 g/mol. The third kappa shape index (κ3) is 4.19. The topological polar surface area (TPSA) is 49.8 Å². The molecule has 1 atom stereocenters. The Morgan fingerprint density at radius 3 is 3.13 bits per heavy atom. The number of carbonyl (C=O) groups excluding carboxylic acids is 1. The number of hydrogen-bond donors (Lipinski definition) is 1. The first-order valence-corrected chi connectivity index (χ1v) is 8.69. The normalized spacial score (nSPS) is 15.9. The van der Waals surface area contributed by atoms with Crippen molar-refractivity contribution < 1.29 is 14.6 Å². The van der Waals surface area contributed by atoms with Gasteiger partial charge in [-0.25, -0.2) is 0 Å². The van der Waals surface area contributed by atoms with E-state index in [-0.39, 0.29) is 12.4 Å². The second-order valence-electron chi connectivity index (χ2n) is 5.90. The lowest BCUT2D eigenvalue weighted by molar-refractivity contribution is 0.0640. The van der Waals surface area contributed by atoms with Gasteiger partial charge < -0.3 is 9.84 Å². The summed E-state index contributed by atoms with van der Waals surface area (Å²) in [6.45, 7) is 4.24. The van der Waals surface area contributed by atoms with Crippen LogP contribution in [0, 0.1) is 0 Å². The highest BCUT2D eigenvalue weighted by Crippen LogP contribution is 2.24. The van der Waals surface area contributed by atoms with Gasteiger partial charge in [0.15, 0.2) is 5.78 Å². The highest BCUT2D eigenvalue weighted by molar-refractivity contribution is 7.10. The smallest absolute Gasteiger partial charge is 0.159 e. The number of rotatable bonds is 6. The van der Waals surface area contributed by atoms with E-state index in [0.717, 1.165) is 19.5 Å². The van der Waals surface area contributed by atoms with Gasteiger partial charge in [0.2, 0.25) is 0 Å². The predicted octanol–water partition coefficient (Wildman–Crippen LogP) is 2.75. The van der Waals surface area contributed by atoms with Crippen molar-refractivity contribution in [3.05, 3.63) is 51.7 Å². The van der Waals surface area contributed by atoms with Gasteiger partial charge in [-0.3, -0.25) is 9.69 Å². The number of hydrogen-bond acceptors (Lipinski definition) is 5. The van der Waals surface area contributed by atoms with Crippen LogP contribution in [0.5, 0.6) is 5.75 Å². The van der Waals surface area contributed by atoms with E-state index in [1.54, 1.807) is 24.3 Å². The Hall–Kier alpha value is -1.69. The summed E-state index contributed by atoms with van der Waals surface area (Å²) in [6, 6.07) is 9.24. The molecule has 4 nitrogen and oxygen atoms in total. The molecule has 0 aliphatic carbocycles. The van der Waals surface area contributed by atoms with E-state index in [9.17, 15) is 9.90 Å². The van der Waals surface area contributed by atoms with Crippen molar-refractivity contribution >= 4 is 17.1 Å². The molecule has 0 fully saturated rings. The van der Waals surface area contributed by atoms with E-state index in [0.29, 0.717) is 17.9 Å². The van der Waals surface area contributed by atoms with Crippen molar-refractivity contribution in [1.29, 1.82) is 0 Å². The van der Waals surface area contributed by atoms with Crippen LogP contribution in [0.1, 0.15) is 27.7 Å². The number of β-amino-alcohol motifs (C(OH)–C–C–N with tert-alkyl or cyclic N) is 1. The number of fused-ring (bicyclic) bond motifs is 1. The number of ketones is 1. The first kappa shape index (κ1) is 16.2. The highest BCUT2D eigenvalue weighted by atomic mass is 32.1. The molecular formula is C18H21NO3S. The van der Waals surface area contributed by atoms with E-state index in [2.05, 4.69) is 16.3 Å². The molecule has 3 rings (SSSR count). The van der Waals surface area contributed by atoms with Crippen LogP contribution in [-0.4, -0.2) is 41.6 Å². The Morgan fingerprint density at radius 1 is 1.43 bits per heavy atom. The Labute approximate surface area is 140 Å². The van der Waals surface area contributed by atoms with Crippen LogP contribution in [0.3, 0.4) is 0 Å². The van der Waals surface area contributed by atoms with Crippen molar-refractivity contribution in [3.8, 4) is 5.75 Å². The Morgan fingerprint density at radius 2 is 2.30 bits per heavy atom. The maximum atomic E-state index is 11.4. The number of aliphatic hydroxyl groups excluding tert-OH is 1. The van der Waals surface area contributed by atoms with Gasteiger partial charge in [0, 0.05) is 30.1 Å². The standard InChI is InChI=1S/C18H21NO3S/c1-13(20)14-3-2-4-17(9-14)22-12-16(21)11-19-7-5-18-15(10-19)6-8-23-18/h2-4,6,8-9,16,21H,5,7,10-12H2,1H3/t16-/m0/s1. The lowest BCUT2D eigenvalue weighted by atomic mass is 10.1. The molecule has 2 aromatic rings. The number of benzene rings is 1. The Balaban J connectivity index is 1.49. The molecule has 0 unspecified atom stereocenters. The lowest BCUT2D eigenvalue weighted by Gasteiger charge is -2.28. The SMILES string of the molecule is CC(=O)c1cccc(OC[C@@H](O)CN2CCc3sccc3C2)c1. The summed E-state index contributed by atoms with van der Waals surface area (Å²) in [6.07, 6.45) is 0.512. The van der Waals surface area contributed by atoms with Gasteiger partial charge in [0.25, 0.3) is 0 Å². The molecule has 1 aliphatic rings. The van der Waals surface area contributed by atoms with E-state index in [1.807, 2.05) is 11.3 Å². The van der Waals surface area contributed by atoms with E-state index in [1.165, 1.54) is 17.4 Å². The number of aliphatic hydroxyl groups is 1. The molecule has 5 heteroatoms. The maximum Gasteiger partial charge on any atom is 0.159 e. The number of thiophene rings is 1. The number of ether oxygens (including phenoxy) is 1. The van der Waals surface area contributed by atoms with Gasteiger partial charge in [0.05, 0.1) is 0 Å². The summed E-state index contributed by atoms with van der Waals surface area (Å²) < 4.78 is 5.63. The highest BCUT2D eigenvalue weighted by Gasteiger charge is 2.19. The molecule has 23 heavy (non-hydrogen) atoms. The van der Waals surface area contributed by atoms with E-state index < -0.39 is 6.10 Å². The van der Waals surface area contributed by atoms with Gasteiger partial charge >= 0.3 is 0 Å². The van der Waals surface area contributed by atoms with Gasteiger partial charge in [-0.1, -0.05) is 12.1 Å². The average molecular weight is 331 g/mol. The summed E-state index contributed by atoms with van der Waals surface area (Å²) in [5.74, 6) is 0.631. The zero-order valence-electron chi connectivity index (χ0n) is 13.2. The summed E-state index contributed by atoms with van der Waals surface area (Å²) >= 11 is 1.82. The molecule has 0 bridgehead atoms. The third-order valence-electron chi connectivity index (χ3n) is 4.04. The van der Waals surface area contributed by atoms with Crippen LogP contribution >= 0.6 is 11.3 Å². The maximum absolute atomic E-state index is 11.4. The minimum absolute atomic E-state index is 0.0101. The van der Waals surface area contributed by atoms with E-state index in [4.69, 9.17) is 4.74 Å². The Kier molecular flexibility index (Phi) is 5.10. The first-order valence-electron chi connectivity index (χ1n) is 7.81. The molecule has 0 saturated heterocycles. The van der Waals surface area contributed by atoms with Crippen LogP contribution in [0.25, 0.3) is 0 Å². The van der Waals surface area contributed by atoms with Crippen molar-refractivity contribution in [2.75, 3.05) is 19.7 Å². The minimum Gasteiger partial charge on any atom is -0.491 e. The van der Waals surface area contributed by atoms with Crippen LogP contribution in [-0.2, 0) is 13.0 Å². The molecule has 1 aromatic heterocycles. The molecule has 0 spiro atoms. The second-order valence-corrected chi connectivity index (χ2v) is 6.90. The molecule has 1 aromatic carbocycles. The minimum atomic E-state index is -0.545. The summed E-state index contributed by atoms with van der Waals surface area (Å²) in [7, 11) is 0. The number of nitrogens with zero attached hydrogens (tertiary/aromatic N) is 1. The van der Waals surface area contributed by atoms with Crippen molar-refractivity contribution in [1.82, 2.24) is 4.90 Å². The predicted molar refractivity (Wildman–Crippen MR) is 91.2 cm³/mol. The van der Waals surface area contributed by atoms with Crippen molar-refractivity contribution in [2.45, 2.75) is 26.0 Å². The summed E-state index contributed by atoms with van der Waals surface area (Å²) in [5.41, 5.74) is 2.00. The quantitative estimate of drug-likeness (QED) is 0.827. The third-order valence-corrected chi connectivity index (χ3v) is 5.06. The van der Waals surface area contributed by atoms with Crippen LogP contribution < -0.4 is 4.74 Å². The van der Waals surface area contributed by atoms with E-state index >= 15 is 0 Å². The first-order chi connectivity index (χ1) is 11.1. The molecule has 2 heterocycles. The van der Waals surface area contributed by atoms with Gasteiger partial charge in [0.1, 0.15) is 18.5 Å². The fraction of sp³-hybridized carbons (Fsp3) is 0.389. The van der Waals surface area contributed by atoms with Gasteiger partial charge in [-0.2, -0.15) is 0 Å². The van der Waals surface area contributed by atoms with Crippen LogP contribution in [0.15, 0.2) is 35.7 Å². The number of carbonyl (C=O) groups is 1. The Bertz CT molecular complexity index is 682. The molecule has 1 N–H and O–H groups in total. The average Bonchev–Trinajstić information content (AvgIpc) is 3.01. The zero-order valence-corrected chi connectivity index (χ0v) is 14.0. The van der Waals surface area contributed by atoms with Gasteiger partial charge in [-0.15, -0.1) is 11.3 Å². The van der Waals surface area contributed by atoms with Crippen LogP contribution in [0.4, 0.5) is 0 Å².